The Morgan fingerprint density at radius 3 is 2.41 bits per heavy atom. The largest absolute Gasteiger partial charge is 0.487 e. The summed E-state index contributed by atoms with van der Waals surface area (Å²) in [5.74, 6) is -0.643. The summed E-state index contributed by atoms with van der Waals surface area (Å²) in [5, 5.41) is 11.1. The van der Waals surface area contributed by atoms with Crippen LogP contribution in [0.15, 0.2) is 42.5 Å². The number of hydrogen-bond acceptors (Lipinski definition) is 5. The first-order valence-electron chi connectivity index (χ1n) is 12.7. The normalized spacial score (nSPS) is 16.8. The summed E-state index contributed by atoms with van der Waals surface area (Å²) in [7, 11) is 1.76. The van der Waals surface area contributed by atoms with Gasteiger partial charge >= 0.3 is 12.1 Å². The SMILES string of the molecule is CCC1(CCN(C)C(=O)OCC(C)(C)C)CCc2cc(-c3ccc(C(=O)NCC(=O)O)cc3)ccc2O1. The van der Waals surface area contributed by atoms with E-state index < -0.39 is 18.4 Å². The van der Waals surface area contributed by atoms with Crippen molar-refractivity contribution >= 4 is 18.0 Å². The first-order chi connectivity index (χ1) is 17.4. The minimum atomic E-state index is -1.08. The van der Waals surface area contributed by atoms with Gasteiger partial charge in [0.2, 0.25) is 0 Å². The third-order valence-corrected chi connectivity index (χ3v) is 6.60. The van der Waals surface area contributed by atoms with E-state index in [9.17, 15) is 14.4 Å². The standard InChI is InChI=1S/C29H38N2O6/c1-6-29(15-16-31(5)27(35)36-19-28(2,3)4)14-13-23-17-22(11-12-24(23)37-29)20-7-9-21(10-8-20)26(34)30-18-25(32)33/h7-12,17H,6,13-16,18-19H2,1-5H3,(H,30,34)(H,32,33). The Balaban J connectivity index is 1.63. The Labute approximate surface area is 219 Å². The van der Waals surface area contributed by atoms with Gasteiger partial charge < -0.3 is 24.8 Å². The van der Waals surface area contributed by atoms with Crippen LogP contribution in [0.2, 0.25) is 0 Å². The summed E-state index contributed by atoms with van der Waals surface area (Å²) < 4.78 is 11.9. The lowest BCUT2D eigenvalue weighted by atomic mass is 9.85. The summed E-state index contributed by atoms with van der Waals surface area (Å²) in [6.45, 7) is 8.73. The first kappa shape index (κ1) is 28.0. The average molecular weight is 511 g/mol. The predicted molar refractivity (Wildman–Crippen MR) is 142 cm³/mol. The van der Waals surface area contributed by atoms with Gasteiger partial charge in [0.05, 0.1) is 6.61 Å². The van der Waals surface area contributed by atoms with Crippen LogP contribution >= 0.6 is 0 Å². The maximum absolute atomic E-state index is 12.4. The number of fused-ring (bicyclic) bond motifs is 1. The fraction of sp³-hybridized carbons (Fsp3) is 0.483. The number of nitrogens with one attached hydrogen (secondary N) is 1. The lowest BCUT2D eigenvalue weighted by Crippen LogP contribution is -2.43. The fourth-order valence-electron chi connectivity index (χ4n) is 4.23. The van der Waals surface area contributed by atoms with Crippen LogP contribution in [0.1, 0.15) is 62.9 Å². The lowest BCUT2D eigenvalue weighted by Gasteiger charge is -2.39. The summed E-state index contributed by atoms with van der Waals surface area (Å²) >= 11 is 0. The summed E-state index contributed by atoms with van der Waals surface area (Å²) in [6.07, 6.45) is 2.97. The molecule has 1 atom stereocenters. The molecule has 37 heavy (non-hydrogen) atoms. The number of aliphatic carboxylic acids is 1. The maximum atomic E-state index is 12.4. The molecular weight excluding hydrogens is 472 g/mol. The van der Waals surface area contributed by atoms with Gasteiger partial charge in [-0.15, -0.1) is 0 Å². The van der Waals surface area contributed by atoms with E-state index in [0.29, 0.717) is 18.7 Å². The highest BCUT2D eigenvalue weighted by molar-refractivity contribution is 5.96. The van der Waals surface area contributed by atoms with Gasteiger partial charge in [-0.3, -0.25) is 9.59 Å². The molecule has 0 fully saturated rings. The fourth-order valence-corrected chi connectivity index (χ4v) is 4.23. The summed E-state index contributed by atoms with van der Waals surface area (Å²) in [4.78, 5) is 36.7. The highest BCUT2D eigenvalue weighted by Crippen LogP contribution is 2.39. The number of aryl methyl sites for hydroxylation is 1. The molecule has 2 N–H and O–H groups in total. The number of amides is 2. The van der Waals surface area contributed by atoms with Gasteiger partial charge in [0.1, 0.15) is 17.9 Å². The van der Waals surface area contributed by atoms with E-state index in [2.05, 4.69) is 18.3 Å². The number of nitrogens with zero attached hydrogens (tertiary/aromatic N) is 1. The molecular formula is C29H38N2O6. The topological polar surface area (TPSA) is 105 Å². The van der Waals surface area contributed by atoms with Crippen LogP contribution < -0.4 is 10.1 Å². The van der Waals surface area contributed by atoms with Crippen LogP contribution in [0.5, 0.6) is 5.75 Å². The monoisotopic (exact) mass is 510 g/mol. The molecule has 1 aliphatic heterocycles. The van der Waals surface area contributed by atoms with Gasteiger partial charge in [-0.25, -0.2) is 4.79 Å². The van der Waals surface area contributed by atoms with Crippen molar-refractivity contribution in [3.05, 3.63) is 53.6 Å². The number of carboxylic acids is 1. The third kappa shape index (κ3) is 7.71. The van der Waals surface area contributed by atoms with Crippen LogP contribution in [0.25, 0.3) is 11.1 Å². The quantitative estimate of drug-likeness (QED) is 0.484. The van der Waals surface area contributed by atoms with E-state index in [0.717, 1.165) is 48.1 Å². The van der Waals surface area contributed by atoms with Crippen molar-refractivity contribution in [2.45, 2.75) is 59.0 Å². The summed E-state index contributed by atoms with van der Waals surface area (Å²) in [6, 6.07) is 13.2. The van der Waals surface area contributed by atoms with E-state index in [1.54, 1.807) is 24.1 Å². The maximum Gasteiger partial charge on any atom is 0.409 e. The molecule has 3 rings (SSSR count). The molecule has 8 heteroatoms. The van der Waals surface area contributed by atoms with Crippen molar-refractivity contribution in [1.82, 2.24) is 10.2 Å². The number of carbonyl (C=O) groups is 3. The van der Waals surface area contributed by atoms with Gasteiger partial charge in [-0.05, 0) is 65.6 Å². The molecule has 1 aliphatic rings. The smallest absolute Gasteiger partial charge is 0.409 e. The highest BCUT2D eigenvalue weighted by Gasteiger charge is 2.35. The molecule has 2 aromatic carbocycles. The molecule has 1 heterocycles. The number of carboxylic acid groups (broad SMARTS) is 1. The van der Waals surface area contributed by atoms with Crippen LogP contribution in [-0.4, -0.2) is 60.3 Å². The minimum Gasteiger partial charge on any atom is -0.487 e. The van der Waals surface area contributed by atoms with Crippen molar-refractivity contribution in [1.29, 1.82) is 0 Å². The first-order valence-corrected chi connectivity index (χ1v) is 12.7. The number of ether oxygens (including phenoxy) is 2. The average Bonchev–Trinajstić information content (AvgIpc) is 2.88. The van der Waals surface area contributed by atoms with Crippen molar-refractivity contribution in [2.75, 3.05) is 26.7 Å². The Kier molecular flexibility index (Phi) is 8.84. The molecule has 0 aliphatic carbocycles. The van der Waals surface area contributed by atoms with Gasteiger partial charge in [-0.2, -0.15) is 0 Å². The zero-order valence-corrected chi connectivity index (χ0v) is 22.4. The molecule has 1 unspecified atom stereocenters. The second kappa shape index (κ2) is 11.7. The molecule has 2 amide bonds. The molecule has 0 saturated heterocycles. The van der Waals surface area contributed by atoms with E-state index in [1.807, 2.05) is 45.0 Å². The van der Waals surface area contributed by atoms with Crippen LogP contribution in [0.4, 0.5) is 4.79 Å². The van der Waals surface area contributed by atoms with Crippen molar-refractivity contribution in [2.24, 2.45) is 5.41 Å². The Hall–Kier alpha value is -3.55. The molecule has 0 aromatic heterocycles. The number of benzene rings is 2. The summed E-state index contributed by atoms with van der Waals surface area (Å²) in [5.41, 5.74) is 3.10. The lowest BCUT2D eigenvalue weighted by molar-refractivity contribution is -0.135. The van der Waals surface area contributed by atoms with Crippen molar-refractivity contribution in [3.63, 3.8) is 0 Å². The predicted octanol–water partition coefficient (Wildman–Crippen LogP) is 5.15. The van der Waals surface area contributed by atoms with Crippen LogP contribution in [0.3, 0.4) is 0 Å². The molecule has 0 bridgehead atoms. The second-order valence-electron chi connectivity index (χ2n) is 10.9. The van der Waals surface area contributed by atoms with Gasteiger partial charge in [0.25, 0.3) is 5.91 Å². The van der Waals surface area contributed by atoms with Crippen LogP contribution in [0, 0.1) is 5.41 Å². The second-order valence-corrected chi connectivity index (χ2v) is 10.9. The number of carbonyl (C=O) groups excluding carboxylic acids is 2. The molecule has 0 saturated carbocycles. The zero-order valence-electron chi connectivity index (χ0n) is 22.4. The number of hydrogen-bond donors (Lipinski definition) is 2. The van der Waals surface area contributed by atoms with Crippen molar-refractivity contribution in [3.8, 4) is 16.9 Å². The minimum absolute atomic E-state index is 0.0746. The highest BCUT2D eigenvalue weighted by atomic mass is 16.6. The molecule has 200 valence electrons. The molecule has 8 nitrogen and oxygen atoms in total. The Morgan fingerprint density at radius 1 is 1.11 bits per heavy atom. The van der Waals surface area contributed by atoms with E-state index in [-0.39, 0.29) is 17.1 Å². The number of rotatable bonds is 9. The van der Waals surface area contributed by atoms with Crippen molar-refractivity contribution < 1.29 is 29.0 Å². The molecule has 2 aromatic rings. The van der Waals surface area contributed by atoms with Crippen LogP contribution in [-0.2, 0) is 16.0 Å². The van der Waals surface area contributed by atoms with Gasteiger partial charge in [0.15, 0.2) is 0 Å². The van der Waals surface area contributed by atoms with Gasteiger partial charge in [0, 0.05) is 25.6 Å². The Morgan fingerprint density at radius 2 is 1.78 bits per heavy atom. The molecule has 0 spiro atoms. The Bertz CT molecular complexity index is 1120. The van der Waals surface area contributed by atoms with E-state index >= 15 is 0 Å². The van der Waals surface area contributed by atoms with E-state index in [1.165, 1.54) is 0 Å². The third-order valence-electron chi connectivity index (χ3n) is 6.60. The van der Waals surface area contributed by atoms with E-state index in [4.69, 9.17) is 14.6 Å². The zero-order chi connectivity index (χ0) is 27.2. The van der Waals surface area contributed by atoms with Gasteiger partial charge in [-0.1, -0.05) is 45.9 Å². The molecule has 0 radical (unpaired) electrons.